The molecule has 0 spiro atoms. The molecule has 0 fully saturated rings. The number of benzene rings is 1. The van der Waals surface area contributed by atoms with Crippen LogP contribution in [-0.4, -0.2) is 5.11 Å². The zero-order chi connectivity index (χ0) is 10.7. The lowest BCUT2D eigenvalue weighted by atomic mass is 10.3. The van der Waals surface area contributed by atoms with E-state index in [9.17, 15) is 5.11 Å². The molecule has 0 bridgehead atoms. The molecular formula is C11H10INO2. The number of anilines is 1. The van der Waals surface area contributed by atoms with Crippen molar-refractivity contribution in [3.8, 4) is 5.75 Å². The molecule has 0 saturated heterocycles. The van der Waals surface area contributed by atoms with Crippen LogP contribution in [0.1, 0.15) is 5.76 Å². The number of hydrogen-bond donors (Lipinski definition) is 2. The molecule has 0 amide bonds. The highest BCUT2D eigenvalue weighted by molar-refractivity contribution is 14.1. The van der Waals surface area contributed by atoms with Crippen LogP contribution in [0.4, 0.5) is 5.69 Å². The van der Waals surface area contributed by atoms with Crippen LogP contribution < -0.4 is 5.32 Å². The van der Waals surface area contributed by atoms with Gasteiger partial charge < -0.3 is 14.8 Å². The molecule has 78 valence electrons. The molecule has 0 atom stereocenters. The third-order valence-electron chi connectivity index (χ3n) is 1.94. The minimum Gasteiger partial charge on any atom is -0.508 e. The maximum Gasteiger partial charge on any atom is 0.164 e. The molecule has 15 heavy (non-hydrogen) atoms. The van der Waals surface area contributed by atoms with E-state index < -0.39 is 0 Å². The number of phenolic OH excluding ortho intramolecular Hbond substituents is 1. The van der Waals surface area contributed by atoms with Gasteiger partial charge in [-0.1, -0.05) is 6.07 Å². The van der Waals surface area contributed by atoms with E-state index in [2.05, 4.69) is 27.9 Å². The molecule has 2 rings (SSSR count). The van der Waals surface area contributed by atoms with Gasteiger partial charge in [0, 0.05) is 11.8 Å². The molecule has 2 aromatic rings. The van der Waals surface area contributed by atoms with Crippen LogP contribution in [0, 0.1) is 3.77 Å². The highest BCUT2D eigenvalue weighted by Gasteiger charge is 1.99. The van der Waals surface area contributed by atoms with Crippen molar-refractivity contribution in [2.24, 2.45) is 0 Å². The monoisotopic (exact) mass is 315 g/mol. The summed E-state index contributed by atoms with van der Waals surface area (Å²) >= 11 is 2.13. The topological polar surface area (TPSA) is 45.4 Å². The predicted molar refractivity (Wildman–Crippen MR) is 66.9 cm³/mol. The number of furan rings is 1. The molecule has 2 N–H and O–H groups in total. The Morgan fingerprint density at radius 2 is 2.13 bits per heavy atom. The second-order valence-electron chi connectivity index (χ2n) is 3.11. The molecule has 4 heteroatoms. The van der Waals surface area contributed by atoms with E-state index in [0.29, 0.717) is 6.54 Å². The molecule has 3 nitrogen and oxygen atoms in total. The Labute approximate surface area is 101 Å². The lowest BCUT2D eigenvalue weighted by Gasteiger charge is -2.04. The van der Waals surface area contributed by atoms with Crippen molar-refractivity contribution in [1.29, 1.82) is 0 Å². The van der Waals surface area contributed by atoms with Crippen LogP contribution in [0.15, 0.2) is 40.8 Å². The summed E-state index contributed by atoms with van der Waals surface area (Å²) in [5.41, 5.74) is 0.876. The molecular weight excluding hydrogens is 305 g/mol. The Kier molecular flexibility index (Phi) is 3.15. The highest BCUT2D eigenvalue weighted by Crippen LogP contribution is 2.17. The average molecular weight is 315 g/mol. The van der Waals surface area contributed by atoms with E-state index in [1.54, 1.807) is 18.2 Å². The molecule has 1 aromatic carbocycles. The first-order valence-corrected chi connectivity index (χ1v) is 5.59. The van der Waals surface area contributed by atoms with E-state index in [1.165, 1.54) is 0 Å². The van der Waals surface area contributed by atoms with Gasteiger partial charge in [-0.15, -0.1) is 0 Å². The summed E-state index contributed by atoms with van der Waals surface area (Å²) in [6.45, 7) is 0.618. The highest BCUT2D eigenvalue weighted by atomic mass is 127. The number of aromatic hydroxyl groups is 1. The SMILES string of the molecule is Oc1cccc(NCc2ccc(I)o2)c1. The smallest absolute Gasteiger partial charge is 0.164 e. The number of rotatable bonds is 3. The Balaban J connectivity index is 1.99. The van der Waals surface area contributed by atoms with Gasteiger partial charge in [0.2, 0.25) is 0 Å². The minimum absolute atomic E-state index is 0.258. The number of halogens is 1. The van der Waals surface area contributed by atoms with Gasteiger partial charge in [0.25, 0.3) is 0 Å². The van der Waals surface area contributed by atoms with E-state index in [0.717, 1.165) is 15.2 Å². The van der Waals surface area contributed by atoms with Gasteiger partial charge in [-0.25, -0.2) is 0 Å². The first kappa shape index (κ1) is 10.4. The second-order valence-corrected chi connectivity index (χ2v) is 4.17. The Bertz CT molecular complexity index is 453. The summed E-state index contributed by atoms with van der Waals surface area (Å²) in [6.07, 6.45) is 0. The largest absolute Gasteiger partial charge is 0.508 e. The Morgan fingerprint density at radius 3 is 2.80 bits per heavy atom. The van der Waals surface area contributed by atoms with Crippen molar-refractivity contribution < 1.29 is 9.52 Å². The number of nitrogens with one attached hydrogen (secondary N) is 1. The first-order valence-electron chi connectivity index (χ1n) is 4.51. The number of phenols is 1. The third-order valence-corrected chi connectivity index (χ3v) is 2.52. The van der Waals surface area contributed by atoms with Gasteiger partial charge >= 0.3 is 0 Å². The van der Waals surface area contributed by atoms with Gasteiger partial charge in [-0.05, 0) is 46.9 Å². The normalized spacial score (nSPS) is 10.2. The lowest BCUT2D eigenvalue weighted by molar-refractivity contribution is 0.475. The number of hydrogen-bond acceptors (Lipinski definition) is 3. The van der Waals surface area contributed by atoms with Gasteiger partial charge in [0.05, 0.1) is 6.54 Å². The summed E-state index contributed by atoms with van der Waals surface area (Å²) in [5.74, 6) is 1.14. The van der Waals surface area contributed by atoms with Crippen molar-refractivity contribution in [3.05, 3.63) is 45.9 Å². The van der Waals surface area contributed by atoms with Crippen LogP contribution in [0.3, 0.4) is 0 Å². The summed E-state index contributed by atoms with van der Waals surface area (Å²) in [6, 6.07) is 10.9. The van der Waals surface area contributed by atoms with E-state index in [1.807, 2.05) is 18.2 Å². The second kappa shape index (κ2) is 4.57. The fourth-order valence-electron chi connectivity index (χ4n) is 1.25. The lowest BCUT2D eigenvalue weighted by Crippen LogP contribution is -1.97. The van der Waals surface area contributed by atoms with Crippen LogP contribution in [0.5, 0.6) is 5.75 Å². The van der Waals surface area contributed by atoms with Gasteiger partial charge in [0.15, 0.2) is 3.77 Å². The van der Waals surface area contributed by atoms with Crippen molar-refractivity contribution >= 4 is 28.3 Å². The van der Waals surface area contributed by atoms with Crippen molar-refractivity contribution in [2.45, 2.75) is 6.54 Å². The maximum absolute atomic E-state index is 9.25. The Hall–Kier alpha value is -1.17. The average Bonchev–Trinajstić information content (AvgIpc) is 2.62. The molecule has 0 aliphatic carbocycles. The quantitative estimate of drug-likeness (QED) is 0.855. The van der Waals surface area contributed by atoms with Gasteiger partial charge in [-0.3, -0.25) is 0 Å². The molecule has 1 aromatic heterocycles. The van der Waals surface area contributed by atoms with Crippen LogP contribution >= 0.6 is 22.6 Å². The molecule has 0 aliphatic rings. The zero-order valence-electron chi connectivity index (χ0n) is 7.90. The molecule has 0 saturated carbocycles. The van der Waals surface area contributed by atoms with Crippen LogP contribution in [-0.2, 0) is 6.54 Å². The van der Waals surface area contributed by atoms with Gasteiger partial charge in [0.1, 0.15) is 11.5 Å². The van der Waals surface area contributed by atoms with E-state index in [4.69, 9.17) is 4.42 Å². The van der Waals surface area contributed by atoms with Gasteiger partial charge in [-0.2, -0.15) is 0 Å². The Morgan fingerprint density at radius 1 is 1.27 bits per heavy atom. The third kappa shape index (κ3) is 2.89. The molecule has 1 heterocycles. The fraction of sp³-hybridized carbons (Fsp3) is 0.0909. The standard InChI is InChI=1S/C11H10INO2/c12-11-5-4-10(15-11)7-13-8-2-1-3-9(14)6-8/h1-6,13-14H,7H2. The van der Waals surface area contributed by atoms with Crippen molar-refractivity contribution in [3.63, 3.8) is 0 Å². The van der Waals surface area contributed by atoms with Crippen molar-refractivity contribution in [2.75, 3.05) is 5.32 Å². The summed E-state index contributed by atoms with van der Waals surface area (Å²) in [7, 11) is 0. The van der Waals surface area contributed by atoms with Crippen LogP contribution in [0.25, 0.3) is 0 Å². The first-order chi connectivity index (χ1) is 7.24. The minimum atomic E-state index is 0.258. The van der Waals surface area contributed by atoms with Crippen molar-refractivity contribution in [1.82, 2.24) is 0 Å². The fourth-order valence-corrected chi connectivity index (χ4v) is 1.71. The van der Waals surface area contributed by atoms with E-state index in [-0.39, 0.29) is 5.75 Å². The summed E-state index contributed by atoms with van der Waals surface area (Å²) in [5, 5.41) is 12.4. The summed E-state index contributed by atoms with van der Waals surface area (Å²) < 4.78 is 6.27. The van der Waals surface area contributed by atoms with E-state index >= 15 is 0 Å². The molecule has 0 aliphatic heterocycles. The maximum atomic E-state index is 9.25. The summed E-state index contributed by atoms with van der Waals surface area (Å²) in [4.78, 5) is 0. The predicted octanol–water partition coefficient (Wildman–Crippen LogP) is 3.20. The molecule has 0 unspecified atom stereocenters. The zero-order valence-corrected chi connectivity index (χ0v) is 10.1. The van der Waals surface area contributed by atoms with Crippen LogP contribution in [0.2, 0.25) is 0 Å². The molecule has 0 radical (unpaired) electrons.